The number of hydrogen-bond donors (Lipinski definition) is 1. The number of rotatable bonds is 8. The van der Waals surface area contributed by atoms with Crippen molar-refractivity contribution in [3.05, 3.63) is 65.7 Å². The summed E-state index contributed by atoms with van der Waals surface area (Å²) < 4.78 is 11.4. The van der Waals surface area contributed by atoms with E-state index < -0.39 is 0 Å². The van der Waals surface area contributed by atoms with Gasteiger partial charge in [0.25, 0.3) is 0 Å². The fraction of sp³-hybridized carbons (Fsp3) is 0.429. The standard InChI is InChI=1S/C21H27NO2/c1-17(22-14-13-18-6-3-2-4-7-18)19-9-11-20(12-10-19)24-16-21-8-5-15-23-21/h2-4,6-7,9-12,17,21-22H,5,8,13-16H2,1H3. The number of nitrogens with one attached hydrogen (secondary N) is 1. The second-order valence-electron chi connectivity index (χ2n) is 6.43. The van der Waals surface area contributed by atoms with Gasteiger partial charge in [-0.05, 0) is 56.0 Å². The predicted molar refractivity (Wildman–Crippen MR) is 97.5 cm³/mol. The Labute approximate surface area is 145 Å². The molecule has 0 radical (unpaired) electrons. The van der Waals surface area contributed by atoms with Crippen LogP contribution >= 0.6 is 0 Å². The minimum absolute atomic E-state index is 0.267. The van der Waals surface area contributed by atoms with E-state index in [9.17, 15) is 0 Å². The van der Waals surface area contributed by atoms with Gasteiger partial charge >= 0.3 is 0 Å². The SMILES string of the molecule is CC(NCCc1ccccc1)c1ccc(OCC2CCCO2)cc1. The fourth-order valence-electron chi connectivity index (χ4n) is 3.01. The first-order valence-corrected chi connectivity index (χ1v) is 8.93. The Morgan fingerprint density at radius 1 is 1.12 bits per heavy atom. The molecule has 0 aliphatic carbocycles. The highest BCUT2D eigenvalue weighted by Gasteiger charge is 2.16. The van der Waals surface area contributed by atoms with Crippen LogP contribution in [0.2, 0.25) is 0 Å². The number of hydrogen-bond acceptors (Lipinski definition) is 3. The van der Waals surface area contributed by atoms with E-state index in [1.807, 2.05) is 0 Å². The molecule has 2 aromatic rings. The fourth-order valence-corrected chi connectivity index (χ4v) is 3.01. The normalized spacial score (nSPS) is 18.5. The lowest BCUT2D eigenvalue weighted by atomic mass is 10.1. The quantitative estimate of drug-likeness (QED) is 0.791. The molecule has 0 amide bonds. The molecule has 0 spiro atoms. The molecule has 1 aliphatic rings. The molecule has 2 atom stereocenters. The summed E-state index contributed by atoms with van der Waals surface area (Å²) in [6.07, 6.45) is 3.58. The molecule has 3 rings (SSSR count). The van der Waals surface area contributed by atoms with E-state index in [0.717, 1.165) is 38.2 Å². The molecule has 0 bridgehead atoms. The highest BCUT2D eigenvalue weighted by Crippen LogP contribution is 2.19. The third-order valence-corrected chi connectivity index (χ3v) is 4.55. The van der Waals surface area contributed by atoms with Crippen molar-refractivity contribution in [3.63, 3.8) is 0 Å². The summed E-state index contributed by atoms with van der Waals surface area (Å²) in [6, 6.07) is 19.3. The lowest BCUT2D eigenvalue weighted by Crippen LogP contribution is -2.21. The van der Waals surface area contributed by atoms with E-state index >= 15 is 0 Å². The first-order chi connectivity index (χ1) is 11.8. The van der Waals surface area contributed by atoms with Gasteiger partial charge in [0.05, 0.1) is 6.10 Å². The Balaban J connectivity index is 1.42. The highest BCUT2D eigenvalue weighted by atomic mass is 16.5. The molecule has 1 fully saturated rings. The first-order valence-electron chi connectivity index (χ1n) is 8.93. The van der Waals surface area contributed by atoms with E-state index in [2.05, 4.69) is 66.8 Å². The van der Waals surface area contributed by atoms with Crippen molar-refractivity contribution in [1.82, 2.24) is 5.32 Å². The summed E-state index contributed by atoms with van der Waals surface area (Å²) in [6.45, 7) is 4.71. The van der Waals surface area contributed by atoms with Crippen LogP contribution in [0.4, 0.5) is 0 Å². The second kappa shape index (κ2) is 8.86. The average Bonchev–Trinajstić information content (AvgIpc) is 3.15. The van der Waals surface area contributed by atoms with Gasteiger partial charge in [0.2, 0.25) is 0 Å². The molecule has 3 nitrogen and oxygen atoms in total. The number of ether oxygens (including phenoxy) is 2. The van der Waals surface area contributed by atoms with Gasteiger partial charge in [-0.1, -0.05) is 42.5 Å². The molecule has 2 aromatic carbocycles. The average molecular weight is 325 g/mol. The molecular weight excluding hydrogens is 298 g/mol. The Morgan fingerprint density at radius 3 is 2.62 bits per heavy atom. The van der Waals surface area contributed by atoms with Gasteiger partial charge in [-0.15, -0.1) is 0 Å². The zero-order chi connectivity index (χ0) is 16.6. The van der Waals surface area contributed by atoms with Gasteiger partial charge < -0.3 is 14.8 Å². The van der Waals surface area contributed by atoms with E-state index in [0.29, 0.717) is 12.6 Å². The van der Waals surface area contributed by atoms with Crippen molar-refractivity contribution in [3.8, 4) is 5.75 Å². The molecule has 2 unspecified atom stereocenters. The predicted octanol–water partition coefficient (Wildman–Crippen LogP) is 4.14. The maximum atomic E-state index is 5.82. The Morgan fingerprint density at radius 2 is 1.92 bits per heavy atom. The summed E-state index contributed by atoms with van der Waals surface area (Å²) in [4.78, 5) is 0. The minimum Gasteiger partial charge on any atom is -0.491 e. The van der Waals surface area contributed by atoms with Gasteiger partial charge in [0, 0.05) is 12.6 Å². The maximum Gasteiger partial charge on any atom is 0.119 e. The van der Waals surface area contributed by atoms with E-state index in [4.69, 9.17) is 9.47 Å². The molecule has 0 saturated carbocycles. The lowest BCUT2D eigenvalue weighted by molar-refractivity contribution is 0.0679. The summed E-state index contributed by atoms with van der Waals surface area (Å²) in [5.74, 6) is 0.922. The first kappa shape index (κ1) is 17.0. The van der Waals surface area contributed by atoms with Gasteiger partial charge in [-0.2, -0.15) is 0 Å². The van der Waals surface area contributed by atoms with Crippen molar-refractivity contribution in [2.24, 2.45) is 0 Å². The topological polar surface area (TPSA) is 30.5 Å². The zero-order valence-corrected chi connectivity index (χ0v) is 14.4. The smallest absolute Gasteiger partial charge is 0.119 e. The van der Waals surface area contributed by atoms with Crippen LogP contribution in [-0.2, 0) is 11.2 Å². The number of benzene rings is 2. The van der Waals surface area contributed by atoms with Crippen molar-refractivity contribution >= 4 is 0 Å². The molecule has 0 aromatic heterocycles. The third-order valence-electron chi connectivity index (χ3n) is 4.55. The van der Waals surface area contributed by atoms with Gasteiger partial charge in [0.15, 0.2) is 0 Å². The van der Waals surface area contributed by atoms with Crippen LogP contribution in [0.15, 0.2) is 54.6 Å². The molecule has 3 heteroatoms. The van der Waals surface area contributed by atoms with Gasteiger partial charge in [0.1, 0.15) is 12.4 Å². The summed E-state index contributed by atoms with van der Waals surface area (Å²) in [5.41, 5.74) is 2.66. The molecule has 1 heterocycles. The zero-order valence-electron chi connectivity index (χ0n) is 14.4. The van der Waals surface area contributed by atoms with Crippen LogP contribution in [-0.4, -0.2) is 25.9 Å². The van der Waals surface area contributed by atoms with Crippen molar-refractivity contribution in [1.29, 1.82) is 0 Å². The van der Waals surface area contributed by atoms with Crippen LogP contribution in [0.1, 0.15) is 36.9 Å². The lowest BCUT2D eigenvalue weighted by Gasteiger charge is -2.16. The summed E-state index contributed by atoms with van der Waals surface area (Å²) >= 11 is 0. The van der Waals surface area contributed by atoms with Gasteiger partial charge in [-0.3, -0.25) is 0 Å². The van der Waals surface area contributed by atoms with Crippen LogP contribution in [0.25, 0.3) is 0 Å². The van der Waals surface area contributed by atoms with E-state index in [1.165, 1.54) is 11.1 Å². The Bertz CT molecular complexity index is 591. The highest BCUT2D eigenvalue weighted by molar-refractivity contribution is 5.29. The second-order valence-corrected chi connectivity index (χ2v) is 6.43. The van der Waals surface area contributed by atoms with E-state index in [-0.39, 0.29) is 6.10 Å². The van der Waals surface area contributed by atoms with Crippen LogP contribution in [0.5, 0.6) is 5.75 Å². The molecule has 1 saturated heterocycles. The summed E-state index contributed by atoms with van der Waals surface area (Å²) in [5, 5.41) is 3.58. The molecule has 24 heavy (non-hydrogen) atoms. The Kier molecular flexibility index (Phi) is 6.27. The van der Waals surface area contributed by atoms with Crippen molar-refractivity contribution in [2.75, 3.05) is 19.8 Å². The van der Waals surface area contributed by atoms with Crippen molar-refractivity contribution < 1.29 is 9.47 Å². The van der Waals surface area contributed by atoms with Crippen LogP contribution < -0.4 is 10.1 Å². The van der Waals surface area contributed by atoms with Gasteiger partial charge in [-0.25, -0.2) is 0 Å². The largest absolute Gasteiger partial charge is 0.491 e. The summed E-state index contributed by atoms with van der Waals surface area (Å²) in [7, 11) is 0. The molecule has 1 N–H and O–H groups in total. The molecular formula is C21H27NO2. The van der Waals surface area contributed by atoms with Crippen molar-refractivity contribution in [2.45, 2.75) is 38.3 Å². The van der Waals surface area contributed by atoms with Crippen LogP contribution in [0.3, 0.4) is 0 Å². The third kappa shape index (κ3) is 5.08. The maximum absolute atomic E-state index is 5.82. The minimum atomic E-state index is 0.267. The van der Waals surface area contributed by atoms with Crippen LogP contribution in [0, 0.1) is 0 Å². The molecule has 1 aliphatic heterocycles. The van der Waals surface area contributed by atoms with E-state index in [1.54, 1.807) is 0 Å². The molecule has 128 valence electrons. The monoisotopic (exact) mass is 325 g/mol. The Hall–Kier alpha value is -1.84.